The number of carbonyl (C=O) groups excluding carboxylic acids is 1. The summed E-state index contributed by atoms with van der Waals surface area (Å²) >= 11 is 10.8. The standard InChI is InChI=1S/C18H17ClFN5OS/c1-3-25-10(2)21-15-8-11(4-7-16(15)25)17(26)23-24-18(27)22-12-5-6-14(20)13(19)9-12/h4-9H,3H2,1-2H3,(H,23,26)(H2,22,24,27). The molecule has 27 heavy (non-hydrogen) atoms. The minimum atomic E-state index is -0.523. The third-order valence-corrected chi connectivity index (χ3v) is 4.48. The van der Waals surface area contributed by atoms with Gasteiger partial charge in [0.1, 0.15) is 11.6 Å². The molecule has 0 unspecified atom stereocenters. The van der Waals surface area contributed by atoms with Crippen molar-refractivity contribution in [1.29, 1.82) is 0 Å². The number of imidazole rings is 1. The van der Waals surface area contributed by atoms with Crippen LogP contribution in [0, 0.1) is 12.7 Å². The molecular weight excluding hydrogens is 389 g/mol. The molecule has 0 aliphatic carbocycles. The molecule has 0 spiro atoms. The summed E-state index contributed by atoms with van der Waals surface area (Å²) in [5, 5.41) is 2.91. The fourth-order valence-corrected chi connectivity index (χ4v) is 3.06. The van der Waals surface area contributed by atoms with Gasteiger partial charge in [0, 0.05) is 17.8 Å². The van der Waals surface area contributed by atoms with Gasteiger partial charge in [0.05, 0.1) is 16.1 Å². The second-order valence-electron chi connectivity index (χ2n) is 5.77. The maximum atomic E-state index is 13.2. The molecule has 2 aromatic carbocycles. The molecule has 6 nitrogen and oxygen atoms in total. The van der Waals surface area contributed by atoms with Gasteiger partial charge < -0.3 is 9.88 Å². The third-order valence-electron chi connectivity index (χ3n) is 3.98. The number of benzene rings is 2. The highest BCUT2D eigenvalue weighted by Gasteiger charge is 2.11. The zero-order valence-electron chi connectivity index (χ0n) is 14.6. The number of anilines is 1. The van der Waals surface area contributed by atoms with Crippen molar-refractivity contribution in [3.05, 3.63) is 58.6 Å². The average molecular weight is 406 g/mol. The molecule has 3 rings (SSSR count). The van der Waals surface area contributed by atoms with E-state index in [1.54, 1.807) is 12.1 Å². The molecule has 1 heterocycles. The van der Waals surface area contributed by atoms with Gasteiger partial charge in [-0.15, -0.1) is 0 Å². The molecule has 0 saturated carbocycles. The maximum absolute atomic E-state index is 13.2. The van der Waals surface area contributed by atoms with Crippen LogP contribution in [-0.4, -0.2) is 20.6 Å². The zero-order chi connectivity index (χ0) is 19.6. The molecule has 3 aromatic rings. The molecule has 0 fully saturated rings. The number of fused-ring (bicyclic) bond motifs is 1. The van der Waals surface area contributed by atoms with Crippen LogP contribution in [-0.2, 0) is 6.54 Å². The number of halogens is 2. The quantitative estimate of drug-likeness (QED) is 0.457. The van der Waals surface area contributed by atoms with Crippen molar-refractivity contribution < 1.29 is 9.18 Å². The van der Waals surface area contributed by atoms with Gasteiger partial charge in [-0.2, -0.15) is 0 Å². The molecule has 9 heteroatoms. The van der Waals surface area contributed by atoms with Gasteiger partial charge in [0.25, 0.3) is 5.91 Å². The Bertz CT molecular complexity index is 1040. The van der Waals surface area contributed by atoms with Crippen LogP contribution in [0.2, 0.25) is 5.02 Å². The first-order chi connectivity index (χ1) is 12.9. The number of carbonyl (C=O) groups is 1. The summed E-state index contributed by atoms with van der Waals surface area (Å²) < 4.78 is 15.2. The molecule has 1 aromatic heterocycles. The number of hydrogen-bond donors (Lipinski definition) is 3. The van der Waals surface area contributed by atoms with Crippen molar-refractivity contribution in [2.24, 2.45) is 0 Å². The van der Waals surface area contributed by atoms with Gasteiger partial charge in [-0.05, 0) is 62.5 Å². The Balaban J connectivity index is 1.64. The molecule has 0 aliphatic heterocycles. The van der Waals surface area contributed by atoms with Crippen LogP contribution in [0.5, 0.6) is 0 Å². The van der Waals surface area contributed by atoms with Gasteiger partial charge in [0.2, 0.25) is 0 Å². The number of aryl methyl sites for hydroxylation is 2. The number of hydrazine groups is 1. The van der Waals surface area contributed by atoms with Crippen LogP contribution >= 0.6 is 23.8 Å². The average Bonchev–Trinajstić information content (AvgIpc) is 2.96. The van der Waals surface area contributed by atoms with E-state index < -0.39 is 5.82 Å². The predicted octanol–water partition coefficient (Wildman–Crippen LogP) is 3.79. The minimum Gasteiger partial charge on any atom is -0.331 e. The van der Waals surface area contributed by atoms with Crippen LogP contribution < -0.4 is 16.2 Å². The first-order valence-corrected chi connectivity index (χ1v) is 8.97. The molecule has 0 atom stereocenters. The number of hydrogen-bond acceptors (Lipinski definition) is 3. The molecule has 3 N–H and O–H groups in total. The monoisotopic (exact) mass is 405 g/mol. The van der Waals surface area contributed by atoms with Gasteiger partial charge in [-0.25, -0.2) is 9.37 Å². The lowest BCUT2D eigenvalue weighted by Gasteiger charge is -2.12. The van der Waals surface area contributed by atoms with Crippen LogP contribution in [0.4, 0.5) is 10.1 Å². The van der Waals surface area contributed by atoms with Crippen molar-refractivity contribution in [3.8, 4) is 0 Å². The summed E-state index contributed by atoms with van der Waals surface area (Å²) in [5.41, 5.74) is 7.78. The lowest BCUT2D eigenvalue weighted by molar-refractivity contribution is 0.0944. The van der Waals surface area contributed by atoms with E-state index >= 15 is 0 Å². The van der Waals surface area contributed by atoms with Gasteiger partial charge in [0.15, 0.2) is 5.11 Å². The van der Waals surface area contributed by atoms with E-state index in [9.17, 15) is 9.18 Å². The van der Waals surface area contributed by atoms with Crippen LogP contribution in [0.3, 0.4) is 0 Å². The Hall–Kier alpha value is -2.71. The molecule has 0 radical (unpaired) electrons. The van der Waals surface area contributed by atoms with Crippen molar-refractivity contribution in [2.45, 2.75) is 20.4 Å². The number of nitrogens with zero attached hydrogens (tertiary/aromatic N) is 2. The van der Waals surface area contributed by atoms with Gasteiger partial charge >= 0.3 is 0 Å². The fraction of sp³-hybridized carbons (Fsp3) is 0.167. The zero-order valence-corrected chi connectivity index (χ0v) is 16.2. The van der Waals surface area contributed by atoms with Crippen LogP contribution in [0.1, 0.15) is 23.1 Å². The van der Waals surface area contributed by atoms with Gasteiger partial charge in [-0.3, -0.25) is 15.6 Å². The lowest BCUT2D eigenvalue weighted by Crippen LogP contribution is -2.43. The predicted molar refractivity (Wildman–Crippen MR) is 108 cm³/mol. The number of nitrogens with one attached hydrogen (secondary N) is 3. The normalized spacial score (nSPS) is 10.7. The Kier molecular flexibility index (Phi) is 5.57. The van der Waals surface area contributed by atoms with Gasteiger partial charge in [-0.1, -0.05) is 11.6 Å². The topological polar surface area (TPSA) is 71.0 Å². The van der Waals surface area contributed by atoms with Crippen LogP contribution in [0.25, 0.3) is 11.0 Å². The number of thiocarbonyl (C=S) groups is 1. The second-order valence-corrected chi connectivity index (χ2v) is 6.58. The largest absolute Gasteiger partial charge is 0.331 e. The highest BCUT2D eigenvalue weighted by atomic mass is 35.5. The second kappa shape index (κ2) is 7.89. The Labute approximate surface area is 165 Å². The van der Waals surface area contributed by atoms with E-state index in [2.05, 4.69) is 25.7 Å². The Morgan fingerprint density at radius 3 is 2.74 bits per heavy atom. The first-order valence-electron chi connectivity index (χ1n) is 8.18. The third kappa shape index (κ3) is 4.17. The highest BCUT2D eigenvalue weighted by Crippen LogP contribution is 2.19. The SMILES string of the molecule is CCn1c(C)nc2cc(C(=O)NNC(=S)Nc3ccc(F)c(Cl)c3)ccc21. The smallest absolute Gasteiger partial charge is 0.269 e. The molecular formula is C18H17ClFN5OS. The molecule has 0 saturated heterocycles. The summed E-state index contributed by atoms with van der Waals surface area (Å²) in [4.78, 5) is 16.8. The van der Waals surface area contributed by atoms with Crippen molar-refractivity contribution in [2.75, 3.05) is 5.32 Å². The van der Waals surface area contributed by atoms with E-state index in [4.69, 9.17) is 23.8 Å². The Morgan fingerprint density at radius 2 is 2.04 bits per heavy atom. The van der Waals surface area contributed by atoms with Crippen molar-refractivity contribution >= 4 is 51.6 Å². The number of amides is 1. The summed E-state index contributed by atoms with van der Waals surface area (Å²) in [6, 6.07) is 9.41. The van der Waals surface area contributed by atoms with E-state index in [1.165, 1.54) is 18.2 Å². The summed E-state index contributed by atoms with van der Waals surface area (Å²) in [5.74, 6) is 0.0129. The summed E-state index contributed by atoms with van der Waals surface area (Å²) in [6.45, 7) is 4.78. The molecule has 140 valence electrons. The van der Waals surface area contributed by atoms with Crippen molar-refractivity contribution in [3.63, 3.8) is 0 Å². The number of aromatic nitrogens is 2. The maximum Gasteiger partial charge on any atom is 0.269 e. The lowest BCUT2D eigenvalue weighted by atomic mass is 10.2. The highest BCUT2D eigenvalue weighted by molar-refractivity contribution is 7.80. The van der Waals surface area contributed by atoms with E-state index in [0.29, 0.717) is 11.3 Å². The minimum absolute atomic E-state index is 0.0260. The molecule has 1 amide bonds. The van der Waals surface area contributed by atoms with Crippen LogP contribution in [0.15, 0.2) is 36.4 Å². The molecule has 0 aliphatic rings. The number of rotatable bonds is 3. The summed E-state index contributed by atoms with van der Waals surface area (Å²) in [7, 11) is 0. The summed E-state index contributed by atoms with van der Waals surface area (Å²) in [6.07, 6.45) is 0. The Morgan fingerprint density at radius 1 is 1.26 bits per heavy atom. The van der Waals surface area contributed by atoms with E-state index in [1.807, 2.05) is 19.9 Å². The molecule has 0 bridgehead atoms. The van der Waals surface area contributed by atoms with E-state index in [0.717, 1.165) is 23.4 Å². The van der Waals surface area contributed by atoms with Crippen molar-refractivity contribution in [1.82, 2.24) is 20.4 Å². The fourth-order valence-electron chi connectivity index (χ4n) is 2.71. The van der Waals surface area contributed by atoms with E-state index in [-0.39, 0.29) is 16.0 Å². The first kappa shape index (κ1) is 19.1.